The van der Waals surface area contributed by atoms with Gasteiger partial charge in [0.25, 0.3) is 0 Å². The maximum atomic E-state index is 13.9. The van der Waals surface area contributed by atoms with Gasteiger partial charge in [0, 0.05) is 36.2 Å². The first-order valence-corrected chi connectivity index (χ1v) is 9.82. The first-order chi connectivity index (χ1) is 12.7. The number of nitrogens with one attached hydrogen (secondary N) is 2. The fourth-order valence-corrected chi connectivity index (χ4v) is 4.13. The van der Waals surface area contributed by atoms with E-state index in [1.807, 2.05) is 24.3 Å². The topological polar surface area (TPSA) is 45.6 Å². The van der Waals surface area contributed by atoms with Crippen LogP contribution in [-0.2, 0) is 4.74 Å². The van der Waals surface area contributed by atoms with Crippen molar-refractivity contribution in [3.8, 4) is 11.1 Å². The molecule has 1 saturated heterocycles. The van der Waals surface area contributed by atoms with Crippen LogP contribution in [0.25, 0.3) is 11.1 Å². The number of guanidine groups is 1. The zero-order valence-electron chi connectivity index (χ0n) is 14.1. The second-order valence-corrected chi connectivity index (χ2v) is 7.47. The van der Waals surface area contributed by atoms with E-state index in [4.69, 9.17) is 16.3 Å². The number of ether oxygens (including phenoxy) is 1. The Balaban J connectivity index is 1.51. The molecular formula is C19H19ClFN3OS. The molecule has 1 fully saturated rings. The number of halogens is 2. The Morgan fingerprint density at radius 2 is 2.12 bits per heavy atom. The minimum absolute atomic E-state index is 0.128. The molecule has 7 heteroatoms. The summed E-state index contributed by atoms with van der Waals surface area (Å²) < 4.78 is 24.0. The molecule has 26 heavy (non-hydrogen) atoms. The summed E-state index contributed by atoms with van der Waals surface area (Å²) in [6.45, 7) is 1.65. The highest BCUT2D eigenvalue weighted by Crippen LogP contribution is 2.41. The molecule has 0 aliphatic carbocycles. The lowest BCUT2D eigenvalue weighted by molar-refractivity contribution is 0.105. The van der Waals surface area contributed by atoms with Crippen molar-refractivity contribution in [1.29, 1.82) is 0 Å². The van der Waals surface area contributed by atoms with Gasteiger partial charge in [0.2, 0.25) is 5.96 Å². The highest BCUT2D eigenvalue weighted by atomic mass is 35.5. The summed E-state index contributed by atoms with van der Waals surface area (Å²) in [7, 11) is 0. The van der Waals surface area contributed by atoms with E-state index < -0.39 is 5.82 Å². The van der Waals surface area contributed by atoms with Gasteiger partial charge in [-0.3, -0.25) is 0 Å². The Hall–Kier alpha value is -1.76. The molecule has 0 spiro atoms. The second kappa shape index (κ2) is 7.86. The number of para-hydroxylation sites is 1. The predicted molar refractivity (Wildman–Crippen MR) is 105 cm³/mol. The Morgan fingerprint density at radius 3 is 2.96 bits per heavy atom. The molecule has 2 aromatic rings. The largest absolute Gasteiger partial charge is 0.378 e. The molecule has 2 N–H and O–H groups in total. The van der Waals surface area contributed by atoms with Crippen LogP contribution < -0.4 is 10.6 Å². The molecule has 2 aliphatic rings. The summed E-state index contributed by atoms with van der Waals surface area (Å²) in [4.78, 5) is 0.979. The van der Waals surface area contributed by atoms with Gasteiger partial charge in [-0.1, -0.05) is 35.9 Å². The average Bonchev–Trinajstić information content (AvgIpc) is 3.17. The lowest BCUT2D eigenvalue weighted by Crippen LogP contribution is -2.34. The van der Waals surface area contributed by atoms with Gasteiger partial charge in [-0.2, -0.15) is 4.40 Å². The van der Waals surface area contributed by atoms with Gasteiger partial charge >= 0.3 is 0 Å². The Bertz CT molecular complexity index is 840. The number of hydrogen-bond donors (Lipinski definition) is 2. The molecule has 0 amide bonds. The van der Waals surface area contributed by atoms with Gasteiger partial charge in [-0.25, -0.2) is 4.39 Å². The number of hydrogen-bond acceptors (Lipinski definition) is 5. The van der Waals surface area contributed by atoms with Gasteiger partial charge in [0.15, 0.2) is 0 Å². The first kappa shape index (κ1) is 17.6. The van der Waals surface area contributed by atoms with Crippen LogP contribution in [0.3, 0.4) is 0 Å². The zero-order valence-corrected chi connectivity index (χ0v) is 15.7. The summed E-state index contributed by atoms with van der Waals surface area (Å²) in [5.74, 6) is 0.272. The molecule has 136 valence electrons. The Labute approximate surface area is 161 Å². The summed E-state index contributed by atoms with van der Waals surface area (Å²) >= 11 is 7.59. The number of fused-ring (bicyclic) bond motifs is 1. The van der Waals surface area contributed by atoms with Gasteiger partial charge in [-0.05, 0) is 31.4 Å². The van der Waals surface area contributed by atoms with E-state index >= 15 is 0 Å². The first-order valence-electron chi connectivity index (χ1n) is 8.67. The van der Waals surface area contributed by atoms with E-state index in [1.54, 1.807) is 6.07 Å². The summed E-state index contributed by atoms with van der Waals surface area (Å²) in [6, 6.07) is 10.7. The molecule has 1 atom stereocenters. The van der Waals surface area contributed by atoms with Crippen LogP contribution in [0.2, 0.25) is 5.02 Å². The van der Waals surface area contributed by atoms with Crippen molar-refractivity contribution in [3.05, 3.63) is 47.2 Å². The van der Waals surface area contributed by atoms with Crippen LogP contribution in [-0.4, -0.2) is 25.2 Å². The van der Waals surface area contributed by atoms with E-state index in [1.165, 1.54) is 18.0 Å². The molecule has 1 unspecified atom stereocenters. The molecule has 2 aliphatic heterocycles. The normalized spacial score (nSPS) is 18.8. The third-order valence-corrected chi connectivity index (χ3v) is 5.72. The second-order valence-electron chi connectivity index (χ2n) is 6.29. The van der Waals surface area contributed by atoms with E-state index in [-0.39, 0.29) is 5.02 Å². The van der Waals surface area contributed by atoms with Gasteiger partial charge in [0.1, 0.15) is 5.82 Å². The van der Waals surface area contributed by atoms with Crippen molar-refractivity contribution in [2.24, 2.45) is 4.40 Å². The van der Waals surface area contributed by atoms with E-state index in [0.29, 0.717) is 17.6 Å². The summed E-state index contributed by atoms with van der Waals surface area (Å²) in [6.07, 6.45) is 3.57. The smallest absolute Gasteiger partial charge is 0.207 e. The maximum absolute atomic E-state index is 13.9. The third-order valence-electron chi connectivity index (χ3n) is 4.53. The lowest BCUT2D eigenvalue weighted by Gasteiger charge is -2.22. The number of nitrogens with zero attached hydrogens (tertiary/aromatic N) is 1. The SMILES string of the molecule is Fc1cccc(-c2cccc3c2NC(NCCC2CCCO2)=NS3)c1Cl. The minimum atomic E-state index is -0.422. The minimum Gasteiger partial charge on any atom is -0.378 e. The number of rotatable bonds is 4. The van der Waals surface area contributed by atoms with Gasteiger partial charge in [-0.15, -0.1) is 0 Å². The highest BCUT2D eigenvalue weighted by Gasteiger charge is 2.20. The highest BCUT2D eigenvalue weighted by molar-refractivity contribution is 7.98. The molecular weight excluding hydrogens is 373 g/mol. The molecule has 4 nitrogen and oxygen atoms in total. The van der Waals surface area contributed by atoms with Gasteiger partial charge in [0.05, 0.1) is 21.7 Å². The fourth-order valence-electron chi connectivity index (χ4n) is 3.21. The van der Waals surface area contributed by atoms with E-state index in [9.17, 15) is 4.39 Å². The summed E-state index contributed by atoms with van der Waals surface area (Å²) in [5, 5.41) is 6.79. The van der Waals surface area contributed by atoms with Crippen molar-refractivity contribution in [1.82, 2.24) is 5.32 Å². The van der Waals surface area contributed by atoms with Crippen LogP contribution in [0.4, 0.5) is 10.1 Å². The Morgan fingerprint density at radius 1 is 1.27 bits per heavy atom. The van der Waals surface area contributed by atoms with Crippen molar-refractivity contribution in [2.75, 3.05) is 18.5 Å². The van der Waals surface area contributed by atoms with Crippen molar-refractivity contribution >= 4 is 35.2 Å². The van der Waals surface area contributed by atoms with Crippen molar-refractivity contribution in [2.45, 2.75) is 30.3 Å². The Kier molecular flexibility index (Phi) is 5.33. The molecule has 4 rings (SSSR count). The maximum Gasteiger partial charge on any atom is 0.207 e. The van der Waals surface area contributed by atoms with Crippen molar-refractivity contribution in [3.63, 3.8) is 0 Å². The van der Waals surface area contributed by atoms with Crippen LogP contribution in [0.5, 0.6) is 0 Å². The van der Waals surface area contributed by atoms with Crippen LogP contribution in [0.1, 0.15) is 19.3 Å². The quantitative estimate of drug-likeness (QED) is 0.712. The van der Waals surface area contributed by atoms with Crippen LogP contribution >= 0.6 is 23.5 Å². The monoisotopic (exact) mass is 391 g/mol. The molecule has 0 aromatic heterocycles. The molecule has 0 saturated carbocycles. The van der Waals surface area contributed by atoms with Crippen LogP contribution in [0.15, 0.2) is 45.7 Å². The zero-order chi connectivity index (χ0) is 17.9. The average molecular weight is 392 g/mol. The standard InChI is InChI=1S/C19H19ClFN3OS/c20-17-13(5-1-7-15(17)21)14-6-2-8-16-18(14)23-19(24-26-16)22-10-9-12-4-3-11-25-12/h1-2,5-8,12H,3-4,9-11H2,(H2,22,23,24). The predicted octanol–water partition coefficient (Wildman–Crippen LogP) is 5.09. The van der Waals surface area contributed by atoms with Gasteiger partial charge < -0.3 is 15.4 Å². The number of anilines is 1. The molecule has 0 bridgehead atoms. The van der Waals surface area contributed by atoms with Crippen LogP contribution in [0, 0.1) is 5.82 Å². The third kappa shape index (κ3) is 3.68. The summed E-state index contributed by atoms with van der Waals surface area (Å²) in [5.41, 5.74) is 2.41. The molecule has 2 aromatic carbocycles. The van der Waals surface area contributed by atoms with Crippen molar-refractivity contribution < 1.29 is 9.13 Å². The van der Waals surface area contributed by atoms with E-state index in [0.717, 1.165) is 48.6 Å². The van der Waals surface area contributed by atoms with E-state index in [2.05, 4.69) is 15.0 Å². The number of benzene rings is 2. The lowest BCUT2D eigenvalue weighted by atomic mass is 10.0. The molecule has 0 radical (unpaired) electrons. The fraction of sp³-hybridized carbons (Fsp3) is 0.316. The molecule has 2 heterocycles.